The van der Waals surface area contributed by atoms with Gasteiger partial charge in [0, 0.05) is 5.92 Å². The first-order valence-electron chi connectivity index (χ1n) is 7.08. The first-order chi connectivity index (χ1) is 9.24. The number of hydrogen-bond donors (Lipinski definition) is 1. The summed E-state index contributed by atoms with van der Waals surface area (Å²) < 4.78 is 0. The van der Waals surface area contributed by atoms with Crippen LogP contribution in [0.3, 0.4) is 0 Å². The van der Waals surface area contributed by atoms with Gasteiger partial charge in [0.2, 0.25) is 5.91 Å². The van der Waals surface area contributed by atoms with Crippen molar-refractivity contribution in [3.8, 4) is 12.3 Å². The van der Waals surface area contributed by atoms with E-state index in [-0.39, 0.29) is 17.9 Å². The van der Waals surface area contributed by atoms with Gasteiger partial charge in [-0.1, -0.05) is 43.5 Å². The van der Waals surface area contributed by atoms with Crippen molar-refractivity contribution in [2.45, 2.75) is 45.1 Å². The largest absolute Gasteiger partial charge is 0.342 e. The summed E-state index contributed by atoms with van der Waals surface area (Å²) in [6.07, 6.45) is 10.0. The third-order valence-corrected chi connectivity index (χ3v) is 3.81. The molecule has 0 aliphatic heterocycles. The van der Waals surface area contributed by atoms with Crippen molar-refractivity contribution in [3.63, 3.8) is 0 Å². The van der Waals surface area contributed by atoms with Crippen LogP contribution in [0.15, 0.2) is 24.3 Å². The Labute approximate surface area is 115 Å². The zero-order chi connectivity index (χ0) is 13.7. The Hall–Kier alpha value is -1.75. The summed E-state index contributed by atoms with van der Waals surface area (Å²) in [4.78, 5) is 12.2. The topological polar surface area (TPSA) is 29.1 Å². The van der Waals surface area contributed by atoms with Gasteiger partial charge in [-0.25, -0.2) is 0 Å². The van der Waals surface area contributed by atoms with E-state index < -0.39 is 0 Å². The minimum absolute atomic E-state index is 0.0719. The van der Waals surface area contributed by atoms with Gasteiger partial charge in [0.1, 0.15) is 0 Å². The SMILES string of the molecule is C#CC(CCC)NC(=O)C1CCc2ccccc2C1. The highest BCUT2D eigenvalue weighted by atomic mass is 16.1. The molecular weight excluding hydrogens is 234 g/mol. The fraction of sp³-hybridized carbons (Fsp3) is 0.471. The summed E-state index contributed by atoms with van der Waals surface area (Å²) in [5.41, 5.74) is 2.69. The fourth-order valence-electron chi connectivity index (χ4n) is 2.70. The second-order valence-corrected chi connectivity index (χ2v) is 5.22. The fourth-order valence-corrected chi connectivity index (χ4v) is 2.70. The maximum atomic E-state index is 12.2. The monoisotopic (exact) mass is 255 g/mol. The summed E-state index contributed by atoms with van der Waals surface area (Å²) in [7, 11) is 0. The zero-order valence-electron chi connectivity index (χ0n) is 11.5. The molecule has 0 heterocycles. The molecule has 2 atom stereocenters. The zero-order valence-corrected chi connectivity index (χ0v) is 11.5. The molecule has 2 unspecified atom stereocenters. The number of carbonyl (C=O) groups is 1. The van der Waals surface area contributed by atoms with Crippen molar-refractivity contribution in [2.24, 2.45) is 5.92 Å². The van der Waals surface area contributed by atoms with Crippen LogP contribution in [-0.4, -0.2) is 11.9 Å². The second-order valence-electron chi connectivity index (χ2n) is 5.22. The van der Waals surface area contributed by atoms with E-state index in [0.29, 0.717) is 0 Å². The molecule has 1 amide bonds. The van der Waals surface area contributed by atoms with E-state index in [4.69, 9.17) is 6.42 Å². The van der Waals surface area contributed by atoms with Crippen LogP contribution < -0.4 is 5.32 Å². The summed E-state index contributed by atoms with van der Waals surface area (Å²) in [6.45, 7) is 2.08. The molecule has 0 spiro atoms. The van der Waals surface area contributed by atoms with E-state index in [1.54, 1.807) is 0 Å². The average Bonchev–Trinajstić information content (AvgIpc) is 2.46. The van der Waals surface area contributed by atoms with Gasteiger partial charge in [0.05, 0.1) is 6.04 Å². The average molecular weight is 255 g/mol. The van der Waals surface area contributed by atoms with E-state index in [1.807, 2.05) is 6.07 Å². The van der Waals surface area contributed by atoms with Crippen LogP contribution in [0.2, 0.25) is 0 Å². The number of aryl methyl sites for hydroxylation is 1. The summed E-state index contributed by atoms with van der Waals surface area (Å²) in [6, 6.07) is 8.27. The van der Waals surface area contributed by atoms with Gasteiger partial charge in [0.15, 0.2) is 0 Å². The lowest BCUT2D eigenvalue weighted by Gasteiger charge is -2.25. The lowest BCUT2D eigenvalue weighted by molar-refractivity contribution is -0.125. The van der Waals surface area contributed by atoms with Gasteiger partial charge in [-0.2, -0.15) is 0 Å². The van der Waals surface area contributed by atoms with Crippen molar-refractivity contribution >= 4 is 5.91 Å². The maximum absolute atomic E-state index is 12.2. The Kier molecular flexibility index (Phi) is 4.63. The Morgan fingerprint density at radius 3 is 2.89 bits per heavy atom. The van der Waals surface area contributed by atoms with Crippen LogP contribution in [0, 0.1) is 18.3 Å². The second kappa shape index (κ2) is 6.43. The number of terminal acetylenes is 1. The lowest BCUT2D eigenvalue weighted by atomic mass is 9.83. The molecule has 2 heteroatoms. The molecule has 100 valence electrons. The smallest absolute Gasteiger partial charge is 0.224 e. The quantitative estimate of drug-likeness (QED) is 0.823. The third kappa shape index (κ3) is 3.38. The molecule has 1 N–H and O–H groups in total. The van der Waals surface area contributed by atoms with Crippen LogP contribution in [0.1, 0.15) is 37.3 Å². The number of rotatable bonds is 4. The summed E-state index contributed by atoms with van der Waals surface area (Å²) in [5.74, 6) is 2.85. The van der Waals surface area contributed by atoms with Crippen LogP contribution in [0.4, 0.5) is 0 Å². The van der Waals surface area contributed by atoms with Crippen LogP contribution in [0.25, 0.3) is 0 Å². The molecule has 2 rings (SSSR count). The van der Waals surface area contributed by atoms with E-state index in [1.165, 1.54) is 11.1 Å². The predicted molar refractivity (Wildman–Crippen MR) is 77.6 cm³/mol. The van der Waals surface area contributed by atoms with Gasteiger partial charge < -0.3 is 5.32 Å². The number of hydrogen-bond acceptors (Lipinski definition) is 1. The Morgan fingerprint density at radius 2 is 2.21 bits per heavy atom. The molecule has 1 aliphatic rings. The maximum Gasteiger partial charge on any atom is 0.224 e. The highest BCUT2D eigenvalue weighted by Gasteiger charge is 2.25. The molecule has 1 aliphatic carbocycles. The molecule has 1 aromatic carbocycles. The lowest BCUT2D eigenvalue weighted by Crippen LogP contribution is -2.40. The van der Waals surface area contributed by atoms with Crippen molar-refractivity contribution in [2.75, 3.05) is 0 Å². The minimum atomic E-state index is -0.116. The molecular formula is C17H21NO. The van der Waals surface area contributed by atoms with Crippen molar-refractivity contribution in [1.82, 2.24) is 5.32 Å². The van der Waals surface area contributed by atoms with Gasteiger partial charge in [-0.05, 0) is 36.8 Å². The van der Waals surface area contributed by atoms with E-state index in [9.17, 15) is 4.79 Å². The van der Waals surface area contributed by atoms with Gasteiger partial charge in [0.25, 0.3) is 0 Å². The highest BCUT2D eigenvalue weighted by Crippen LogP contribution is 2.25. The number of amides is 1. The normalized spacial score (nSPS) is 19.1. The molecule has 0 saturated carbocycles. The van der Waals surface area contributed by atoms with Gasteiger partial charge in [-0.15, -0.1) is 6.42 Å². The number of fused-ring (bicyclic) bond motifs is 1. The summed E-state index contributed by atoms with van der Waals surface area (Å²) >= 11 is 0. The highest BCUT2D eigenvalue weighted by molar-refractivity contribution is 5.80. The molecule has 0 radical (unpaired) electrons. The first kappa shape index (κ1) is 13.7. The standard InChI is InChI=1S/C17H21NO/c1-3-7-16(4-2)18-17(19)15-11-10-13-8-5-6-9-14(13)12-15/h2,5-6,8-9,15-16H,3,7,10-12H2,1H3,(H,18,19). The molecule has 0 bridgehead atoms. The Morgan fingerprint density at radius 1 is 1.47 bits per heavy atom. The molecule has 0 aromatic heterocycles. The van der Waals surface area contributed by atoms with E-state index in [0.717, 1.165) is 32.1 Å². The molecule has 0 saturated heterocycles. The molecule has 0 fully saturated rings. The Balaban J connectivity index is 1.97. The van der Waals surface area contributed by atoms with Gasteiger partial charge in [-0.3, -0.25) is 4.79 Å². The molecule has 1 aromatic rings. The van der Waals surface area contributed by atoms with Crippen LogP contribution in [-0.2, 0) is 17.6 Å². The van der Waals surface area contributed by atoms with E-state index >= 15 is 0 Å². The first-order valence-corrected chi connectivity index (χ1v) is 7.08. The predicted octanol–water partition coefficient (Wildman–Crippen LogP) is 2.71. The number of nitrogens with one attached hydrogen (secondary N) is 1. The Bertz CT molecular complexity index is 486. The van der Waals surface area contributed by atoms with Crippen molar-refractivity contribution in [1.29, 1.82) is 0 Å². The summed E-state index contributed by atoms with van der Waals surface area (Å²) in [5, 5.41) is 2.99. The third-order valence-electron chi connectivity index (χ3n) is 3.81. The van der Waals surface area contributed by atoms with Gasteiger partial charge >= 0.3 is 0 Å². The number of carbonyl (C=O) groups excluding carboxylic acids is 1. The molecule has 2 nitrogen and oxygen atoms in total. The van der Waals surface area contributed by atoms with Crippen molar-refractivity contribution < 1.29 is 4.79 Å². The molecule has 19 heavy (non-hydrogen) atoms. The van der Waals surface area contributed by atoms with Crippen LogP contribution in [0.5, 0.6) is 0 Å². The van der Waals surface area contributed by atoms with Crippen molar-refractivity contribution in [3.05, 3.63) is 35.4 Å². The number of benzene rings is 1. The van der Waals surface area contributed by atoms with Crippen LogP contribution >= 0.6 is 0 Å². The minimum Gasteiger partial charge on any atom is -0.342 e. The van der Waals surface area contributed by atoms with E-state index in [2.05, 4.69) is 36.4 Å².